The van der Waals surface area contributed by atoms with Crippen LogP contribution in [0.25, 0.3) is 0 Å². The molecule has 2 aromatic rings. The zero-order valence-electron chi connectivity index (χ0n) is 10.4. The molecule has 0 amide bonds. The number of benzene rings is 1. The Bertz CT molecular complexity index is 555. The number of halogens is 1. The lowest BCUT2D eigenvalue weighted by Gasteiger charge is -2.13. The summed E-state index contributed by atoms with van der Waals surface area (Å²) in [5.41, 5.74) is 7.82. The van der Waals surface area contributed by atoms with E-state index in [1.807, 2.05) is 38.1 Å². The Kier molecular flexibility index (Phi) is 3.84. The molecule has 0 spiro atoms. The molecule has 2 N–H and O–H groups in total. The van der Waals surface area contributed by atoms with Gasteiger partial charge in [-0.25, -0.2) is 4.98 Å². The molecule has 0 aliphatic carbocycles. The van der Waals surface area contributed by atoms with Crippen molar-refractivity contribution in [3.63, 3.8) is 0 Å². The van der Waals surface area contributed by atoms with Crippen LogP contribution in [0.3, 0.4) is 0 Å². The number of rotatable bonds is 3. The second kappa shape index (κ2) is 5.38. The van der Waals surface area contributed by atoms with Crippen molar-refractivity contribution in [2.24, 2.45) is 5.73 Å². The highest BCUT2D eigenvalue weighted by Crippen LogP contribution is 2.32. The lowest BCUT2D eigenvalue weighted by molar-refractivity contribution is 0.452. The zero-order valence-corrected chi connectivity index (χ0v) is 11.1. The van der Waals surface area contributed by atoms with Crippen molar-refractivity contribution in [3.05, 3.63) is 52.7 Å². The van der Waals surface area contributed by atoms with Crippen LogP contribution in [0.5, 0.6) is 11.6 Å². The van der Waals surface area contributed by atoms with Crippen molar-refractivity contribution < 1.29 is 4.74 Å². The third-order valence-electron chi connectivity index (χ3n) is 2.58. The van der Waals surface area contributed by atoms with Crippen LogP contribution < -0.4 is 10.5 Å². The highest BCUT2D eigenvalue weighted by molar-refractivity contribution is 6.32. The molecule has 4 heteroatoms. The van der Waals surface area contributed by atoms with Crippen LogP contribution in [-0.4, -0.2) is 4.98 Å². The van der Waals surface area contributed by atoms with Gasteiger partial charge < -0.3 is 10.5 Å². The van der Waals surface area contributed by atoms with Gasteiger partial charge in [0.2, 0.25) is 5.88 Å². The maximum atomic E-state index is 6.09. The van der Waals surface area contributed by atoms with E-state index >= 15 is 0 Å². The number of ether oxygens (including phenoxy) is 1. The minimum Gasteiger partial charge on any atom is -0.437 e. The third kappa shape index (κ3) is 2.81. The van der Waals surface area contributed by atoms with E-state index < -0.39 is 0 Å². The lowest BCUT2D eigenvalue weighted by atomic mass is 10.1. The summed E-state index contributed by atoms with van der Waals surface area (Å²) in [6.07, 6.45) is 1.67. The van der Waals surface area contributed by atoms with E-state index in [1.165, 1.54) is 0 Å². The number of nitrogens with two attached hydrogens (primary N) is 1. The van der Waals surface area contributed by atoms with Gasteiger partial charge in [0.25, 0.3) is 0 Å². The summed E-state index contributed by atoms with van der Waals surface area (Å²) in [5.74, 6) is 1.09. The second-order valence-corrected chi connectivity index (χ2v) is 4.63. The van der Waals surface area contributed by atoms with E-state index in [9.17, 15) is 0 Å². The number of pyridine rings is 1. The molecule has 0 fully saturated rings. The molecule has 0 bridgehead atoms. The Hall–Kier alpha value is -1.58. The van der Waals surface area contributed by atoms with Crippen molar-refractivity contribution in [1.82, 2.24) is 4.98 Å². The summed E-state index contributed by atoms with van der Waals surface area (Å²) >= 11 is 6.09. The molecule has 2 rings (SSSR count). The molecule has 1 aromatic carbocycles. The lowest BCUT2D eigenvalue weighted by Crippen LogP contribution is -2.07. The molecule has 94 valence electrons. The highest BCUT2D eigenvalue weighted by atomic mass is 35.5. The van der Waals surface area contributed by atoms with Gasteiger partial charge in [-0.05, 0) is 37.6 Å². The molecule has 1 heterocycles. The fraction of sp³-hybridized carbons (Fsp3) is 0.214. The van der Waals surface area contributed by atoms with Crippen LogP contribution in [0.1, 0.15) is 24.1 Å². The maximum Gasteiger partial charge on any atom is 0.224 e. The van der Waals surface area contributed by atoms with E-state index in [4.69, 9.17) is 22.1 Å². The molecule has 1 aromatic heterocycles. The first kappa shape index (κ1) is 12.9. The summed E-state index contributed by atoms with van der Waals surface area (Å²) in [7, 11) is 0. The predicted molar refractivity (Wildman–Crippen MR) is 73.1 cm³/mol. The van der Waals surface area contributed by atoms with Gasteiger partial charge in [0.15, 0.2) is 0 Å². The SMILES string of the molecule is Cc1ccc(Cl)c(Oc2ncccc2C(C)N)c1. The van der Waals surface area contributed by atoms with Crippen molar-refractivity contribution in [2.45, 2.75) is 19.9 Å². The van der Waals surface area contributed by atoms with Gasteiger partial charge in [-0.1, -0.05) is 23.7 Å². The number of nitrogens with zero attached hydrogens (tertiary/aromatic N) is 1. The first-order valence-corrected chi connectivity index (χ1v) is 6.10. The molecule has 1 atom stereocenters. The van der Waals surface area contributed by atoms with Crippen molar-refractivity contribution in [3.8, 4) is 11.6 Å². The van der Waals surface area contributed by atoms with Gasteiger partial charge in [-0.3, -0.25) is 0 Å². The van der Waals surface area contributed by atoms with Crippen molar-refractivity contribution >= 4 is 11.6 Å². The first-order valence-electron chi connectivity index (χ1n) is 5.72. The van der Waals surface area contributed by atoms with Crippen LogP contribution in [0, 0.1) is 6.92 Å². The Morgan fingerprint density at radius 2 is 2.11 bits per heavy atom. The average molecular weight is 263 g/mol. The van der Waals surface area contributed by atoms with Gasteiger partial charge >= 0.3 is 0 Å². The number of aryl methyl sites for hydroxylation is 1. The molecule has 0 aliphatic heterocycles. The first-order chi connectivity index (χ1) is 8.58. The highest BCUT2D eigenvalue weighted by Gasteiger charge is 2.11. The molecule has 1 unspecified atom stereocenters. The average Bonchev–Trinajstić information content (AvgIpc) is 2.34. The van der Waals surface area contributed by atoms with E-state index in [1.54, 1.807) is 12.3 Å². The van der Waals surface area contributed by atoms with Crippen molar-refractivity contribution in [1.29, 1.82) is 0 Å². The Balaban J connectivity index is 2.37. The molecular formula is C14H15ClN2O. The second-order valence-electron chi connectivity index (χ2n) is 4.22. The van der Waals surface area contributed by atoms with Crippen LogP contribution in [0.15, 0.2) is 36.5 Å². The molecule has 0 aliphatic rings. The van der Waals surface area contributed by atoms with Gasteiger partial charge in [-0.2, -0.15) is 0 Å². The molecule has 0 saturated carbocycles. The van der Waals surface area contributed by atoms with Gasteiger partial charge in [-0.15, -0.1) is 0 Å². The fourth-order valence-electron chi connectivity index (χ4n) is 1.63. The maximum absolute atomic E-state index is 6.09. The molecule has 18 heavy (non-hydrogen) atoms. The molecule has 3 nitrogen and oxygen atoms in total. The fourth-order valence-corrected chi connectivity index (χ4v) is 1.78. The van der Waals surface area contributed by atoms with Crippen LogP contribution in [-0.2, 0) is 0 Å². The zero-order chi connectivity index (χ0) is 13.1. The van der Waals surface area contributed by atoms with Gasteiger partial charge in [0.1, 0.15) is 5.75 Å². The predicted octanol–water partition coefficient (Wildman–Crippen LogP) is 3.86. The minimum absolute atomic E-state index is 0.141. The van der Waals surface area contributed by atoms with E-state index in [-0.39, 0.29) is 6.04 Å². The number of hydrogen-bond donors (Lipinski definition) is 1. The van der Waals surface area contributed by atoms with Gasteiger partial charge in [0, 0.05) is 17.8 Å². The standard InChI is InChI=1S/C14H15ClN2O/c1-9-5-6-12(15)13(8-9)18-14-11(10(2)16)4-3-7-17-14/h3-8,10H,16H2,1-2H3. The topological polar surface area (TPSA) is 48.1 Å². The number of hydrogen-bond acceptors (Lipinski definition) is 3. The third-order valence-corrected chi connectivity index (χ3v) is 2.90. The molecular weight excluding hydrogens is 248 g/mol. The van der Waals surface area contributed by atoms with E-state index in [0.29, 0.717) is 16.7 Å². The normalized spacial score (nSPS) is 12.2. The van der Waals surface area contributed by atoms with Crippen LogP contribution in [0.2, 0.25) is 5.02 Å². The smallest absolute Gasteiger partial charge is 0.224 e. The summed E-state index contributed by atoms with van der Waals surface area (Å²) in [6.45, 7) is 3.87. The van der Waals surface area contributed by atoms with E-state index in [0.717, 1.165) is 11.1 Å². The summed E-state index contributed by atoms with van der Waals surface area (Å²) in [5, 5.41) is 0.557. The van der Waals surface area contributed by atoms with E-state index in [2.05, 4.69) is 4.98 Å². The summed E-state index contributed by atoms with van der Waals surface area (Å²) in [4.78, 5) is 4.21. The Morgan fingerprint density at radius 1 is 1.33 bits per heavy atom. The number of aromatic nitrogens is 1. The quantitative estimate of drug-likeness (QED) is 0.914. The Morgan fingerprint density at radius 3 is 2.83 bits per heavy atom. The van der Waals surface area contributed by atoms with Crippen molar-refractivity contribution in [2.75, 3.05) is 0 Å². The summed E-state index contributed by atoms with van der Waals surface area (Å²) in [6, 6.07) is 9.21. The summed E-state index contributed by atoms with van der Waals surface area (Å²) < 4.78 is 5.76. The minimum atomic E-state index is -0.141. The Labute approximate surface area is 112 Å². The van der Waals surface area contributed by atoms with Crippen LogP contribution >= 0.6 is 11.6 Å². The molecule has 0 radical (unpaired) electrons. The molecule has 0 saturated heterocycles. The largest absolute Gasteiger partial charge is 0.437 e. The van der Waals surface area contributed by atoms with Gasteiger partial charge in [0.05, 0.1) is 5.02 Å². The monoisotopic (exact) mass is 262 g/mol. The van der Waals surface area contributed by atoms with Crippen LogP contribution in [0.4, 0.5) is 0 Å².